The zero-order chi connectivity index (χ0) is 12.8. The van der Waals surface area contributed by atoms with E-state index in [1.54, 1.807) is 0 Å². The summed E-state index contributed by atoms with van der Waals surface area (Å²) in [6.07, 6.45) is 0.976. The van der Waals surface area contributed by atoms with Gasteiger partial charge in [0.2, 0.25) is 0 Å². The number of nitrogens with zero attached hydrogens (tertiary/aromatic N) is 1. The molecule has 1 amide bonds. The molecule has 0 saturated carbocycles. The first-order valence-electron chi connectivity index (χ1n) is 6.01. The van der Waals surface area contributed by atoms with Gasteiger partial charge in [-0.15, -0.1) is 0 Å². The van der Waals surface area contributed by atoms with Crippen LogP contribution in [-0.2, 0) is 0 Å². The van der Waals surface area contributed by atoms with Crippen molar-refractivity contribution in [3.05, 3.63) is 34.9 Å². The zero-order valence-corrected chi connectivity index (χ0v) is 11.2. The van der Waals surface area contributed by atoms with Crippen molar-refractivity contribution in [2.45, 2.75) is 20.3 Å². The molecule has 0 aliphatic carbocycles. The molecule has 17 heavy (non-hydrogen) atoms. The van der Waals surface area contributed by atoms with Crippen molar-refractivity contribution >= 4 is 5.91 Å². The highest BCUT2D eigenvalue weighted by Gasteiger charge is 2.08. The van der Waals surface area contributed by atoms with E-state index < -0.39 is 0 Å². The summed E-state index contributed by atoms with van der Waals surface area (Å²) in [6, 6.07) is 5.83. The summed E-state index contributed by atoms with van der Waals surface area (Å²) in [6.45, 7) is 5.74. The second kappa shape index (κ2) is 6.40. The Morgan fingerprint density at radius 1 is 1.29 bits per heavy atom. The van der Waals surface area contributed by atoms with Crippen molar-refractivity contribution in [2.75, 3.05) is 27.2 Å². The third-order valence-corrected chi connectivity index (χ3v) is 2.92. The number of nitrogens with one attached hydrogen (secondary N) is 1. The molecule has 0 fully saturated rings. The molecule has 0 atom stereocenters. The number of carbonyl (C=O) groups is 1. The SMILES string of the molecule is Cc1cccc(C(=O)NCCCN(C)C)c1C. The Kier molecular flexibility index (Phi) is 5.16. The first-order chi connectivity index (χ1) is 8.02. The lowest BCUT2D eigenvalue weighted by Crippen LogP contribution is -2.27. The molecule has 0 spiro atoms. The average molecular weight is 234 g/mol. The first kappa shape index (κ1) is 13.7. The average Bonchev–Trinajstić information content (AvgIpc) is 2.27. The number of aryl methyl sites for hydroxylation is 1. The Hall–Kier alpha value is -1.35. The zero-order valence-electron chi connectivity index (χ0n) is 11.2. The standard InChI is InChI=1S/C14H22N2O/c1-11-7-5-8-13(12(11)2)14(17)15-9-6-10-16(3)4/h5,7-8H,6,9-10H2,1-4H3,(H,15,17). The number of carbonyl (C=O) groups excluding carboxylic acids is 1. The highest BCUT2D eigenvalue weighted by Crippen LogP contribution is 2.12. The van der Waals surface area contributed by atoms with E-state index in [1.807, 2.05) is 46.1 Å². The Morgan fingerprint density at radius 3 is 2.65 bits per heavy atom. The largest absolute Gasteiger partial charge is 0.352 e. The van der Waals surface area contributed by atoms with Gasteiger partial charge >= 0.3 is 0 Å². The van der Waals surface area contributed by atoms with Gasteiger partial charge < -0.3 is 10.2 Å². The molecule has 0 aromatic heterocycles. The first-order valence-corrected chi connectivity index (χ1v) is 6.01. The van der Waals surface area contributed by atoms with Crippen LogP contribution in [-0.4, -0.2) is 38.0 Å². The molecule has 94 valence electrons. The maximum Gasteiger partial charge on any atom is 0.251 e. The lowest BCUT2D eigenvalue weighted by atomic mass is 10.0. The van der Waals surface area contributed by atoms with Crippen molar-refractivity contribution in [1.82, 2.24) is 10.2 Å². The molecular formula is C14H22N2O. The summed E-state index contributed by atoms with van der Waals surface area (Å²) in [5.74, 6) is 0.0324. The molecule has 0 saturated heterocycles. The van der Waals surface area contributed by atoms with Crippen LogP contribution in [0.3, 0.4) is 0 Å². The van der Waals surface area contributed by atoms with Crippen molar-refractivity contribution in [1.29, 1.82) is 0 Å². The molecule has 1 rings (SSSR count). The van der Waals surface area contributed by atoms with Crippen LogP contribution in [0.25, 0.3) is 0 Å². The second-order valence-electron chi connectivity index (χ2n) is 4.66. The predicted molar refractivity (Wildman–Crippen MR) is 71.4 cm³/mol. The third-order valence-electron chi connectivity index (χ3n) is 2.92. The smallest absolute Gasteiger partial charge is 0.251 e. The third kappa shape index (κ3) is 4.19. The number of benzene rings is 1. The van der Waals surface area contributed by atoms with Crippen LogP contribution in [0.2, 0.25) is 0 Å². The Morgan fingerprint density at radius 2 is 2.00 bits per heavy atom. The molecule has 1 aromatic carbocycles. The van der Waals surface area contributed by atoms with Gasteiger partial charge in [-0.3, -0.25) is 4.79 Å². The molecule has 1 aromatic rings. The maximum absolute atomic E-state index is 11.9. The summed E-state index contributed by atoms with van der Waals surface area (Å²) in [7, 11) is 4.07. The van der Waals surface area contributed by atoms with Crippen molar-refractivity contribution in [2.24, 2.45) is 0 Å². The van der Waals surface area contributed by atoms with Crippen LogP contribution < -0.4 is 5.32 Å². The topological polar surface area (TPSA) is 32.3 Å². The van der Waals surface area contributed by atoms with Crippen molar-refractivity contribution in [3.8, 4) is 0 Å². The van der Waals surface area contributed by atoms with Gasteiger partial charge in [0.25, 0.3) is 5.91 Å². The Labute approximate surface area is 104 Å². The maximum atomic E-state index is 11.9. The van der Waals surface area contributed by atoms with E-state index in [-0.39, 0.29) is 5.91 Å². The molecule has 3 nitrogen and oxygen atoms in total. The van der Waals surface area contributed by atoms with E-state index in [1.165, 1.54) is 0 Å². The van der Waals surface area contributed by atoms with Crippen LogP contribution in [0.1, 0.15) is 27.9 Å². The van der Waals surface area contributed by atoms with Gasteiger partial charge in [-0.05, 0) is 58.1 Å². The fourth-order valence-corrected chi connectivity index (χ4v) is 1.69. The second-order valence-corrected chi connectivity index (χ2v) is 4.66. The molecular weight excluding hydrogens is 212 g/mol. The summed E-state index contributed by atoms with van der Waals surface area (Å²) in [4.78, 5) is 14.1. The molecule has 0 aliphatic heterocycles. The number of hydrogen-bond donors (Lipinski definition) is 1. The van der Waals surface area contributed by atoms with Gasteiger partial charge in [0.05, 0.1) is 0 Å². The van der Waals surface area contributed by atoms with Gasteiger partial charge in [-0.25, -0.2) is 0 Å². The Bertz CT molecular complexity index is 386. The highest BCUT2D eigenvalue weighted by atomic mass is 16.1. The molecule has 0 heterocycles. The fourth-order valence-electron chi connectivity index (χ4n) is 1.69. The molecule has 0 bridgehead atoms. The van der Waals surface area contributed by atoms with Crippen LogP contribution in [0, 0.1) is 13.8 Å². The highest BCUT2D eigenvalue weighted by molar-refractivity contribution is 5.95. The number of amides is 1. The summed E-state index contributed by atoms with van der Waals surface area (Å²) >= 11 is 0. The van der Waals surface area contributed by atoms with Crippen molar-refractivity contribution in [3.63, 3.8) is 0 Å². The van der Waals surface area contributed by atoms with E-state index >= 15 is 0 Å². The molecule has 0 aliphatic rings. The van der Waals surface area contributed by atoms with E-state index in [0.29, 0.717) is 0 Å². The van der Waals surface area contributed by atoms with Gasteiger partial charge in [0, 0.05) is 12.1 Å². The van der Waals surface area contributed by atoms with Gasteiger partial charge in [-0.1, -0.05) is 12.1 Å². The van der Waals surface area contributed by atoms with Crippen LogP contribution in [0.4, 0.5) is 0 Å². The van der Waals surface area contributed by atoms with Crippen LogP contribution in [0.5, 0.6) is 0 Å². The van der Waals surface area contributed by atoms with Gasteiger partial charge in [0.15, 0.2) is 0 Å². The lowest BCUT2D eigenvalue weighted by Gasteiger charge is -2.11. The Balaban J connectivity index is 2.50. The van der Waals surface area contributed by atoms with E-state index in [0.717, 1.165) is 36.2 Å². The molecule has 1 N–H and O–H groups in total. The number of hydrogen-bond acceptors (Lipinski definition) is 2. The summed E-state index contributed by atoms with van der Waals surface area (Å²) < 4.78 is 0. The minimum Gasteiger partial charge on any atom is -0.352 e. The number of rotatable bonds is 5. The summed E-state index contributed by atoms with van der Waals surface area (Å²) in [5, 5.41) is 2.96. The van der Waals surface area contributed by atoms with Crippen molar-refractivity contribution < 1.29 is 4.79 Å². The van der Waals surface area contributed by atoms with Crippen LogP contribution in [0.15, 0.2) is 18.2 Å². The molecule has 3 heteroatoms. The molecule has 0 unspecified atom stereocenters. The van der Waals surface area contributed by atoms with Gasteiger partial charge in [0.1, 0.15) is 0 Å². The van der Waals surface area contributed by atoms with Crippen LogP contribution >= 0.6 is 0 Å². The fraction of sp³-hybridized carbons (Fsp3) is 0.500. The summed E-state index contributed by atoms with van der Waals surface area (Å²) in [5.41, 5.74) is 3.01. The molecule has 0 radical (unpaired) electrons. The van der Waals surface area contributed by atoms with E-state index in [4.69, 9.17) is 0 Å². The normalized spacial score (nSPS) is 10.6. The minimum absolute atomic E-state index is 0.0324. The van der Waals surface area contributed by atoms with E-state index in [2.05, 4.69) is 10.2 Å². The predicted octanol–water partition coefficient (Wildman–Crippen LogP) is 1.98. The monoisotopic (exact) mass is 234 g/mol. The minimum atomic E-state index is 0.0324. The van der Waals surface area contributed by atoms with E-state index in [9.17, 15) is 4.79 Å². The lowest BCUT2D eigenvalue weighted by molar-refractivity contribution is 0.0951. The quantitative estimate of drug-likeness (QED) is 0.790. The van der Waals surface area contributed by atoms with Gasteiger partial charge in [-0.2, -0.15) is 0 Å².